The molecule has 0 atom stereocenters. The summed E-state index contributed by atoms with van der Waals surface area (Å²) >= 11 is 1.82. The van der Waals surface area contributed by atoms with Gasteiger partial charge in [0.15, 0.2) is 11.6 Å². The van der Waals surface area contributed by atoms with Gasteiger partial charge in [-0.25, -0.2) is 9.97 Å². The topological polar surface area (TPSA) is 56.5 Å². The van der Waals surface area contributed by atoms with Gasteiger partial charge in [-0.15, -0.1) is 11.3 Å². The maximum absolute atomic E-state index is 5.24. The fourth-order valence-electron chi connectivity index (χ4n) is 7.71. The van der Waals surface area contributed by atoms with Crippen molar-refractivity contribution in [2.75, 3.05) is 0 Å². The summed E-state index contributed by atoms with van der Waals surface area (Å²) in [6.45, 7) is 0. The van der Waals surface area contributed by atoms with Gasteiger partial charge in [0.25, 0.3) is 0 Å². The number of thiophene rings is 1. The Morgan fingerprint density at radius 3 is 1.71 bits per heavy atom. The van der Waals surface area contributed by atoms with Crippen molar-refractivity contribution in [2.24, 2.45) is 0 Å². The minimum absolute atomic E-state index is 0.589. The summed E-state index contributed by atoms with van der Waals surface area (Å²) in [6.07, 6.45) is 0. The molecule has 11 aromatic rings. The van der Waals surface area contributed by atoms with Gasteiger partial charge in [-0.1, -0.05) is 121 Å². The zero-order chi connectivity index (χ0) is 34.2. The molecule has 0 saturated carbocycles. The Kier molecular flexibility index (Phi) is 6.35. The summed E-state index contributed by atoms with van der Waals surface area (Å²) in [5.41, 5.74) is 7.07. The molecule has 0 fully saturated rings. The Bertz CT molecular complexity index is 3130. The van der Waals surface area contributed by atoms with Crippen LogP contribution in [0.5, 0.6) is 0 Å². The number of nitrogens with zero attached hydrogens (tertiary/aromatic N) is 5. The van der Waals surface area contributed by atoms with Crippen LogP contribution in [0.4, 0.5) is 0 Å². The second-order valence-electron chi connectivity index (χ2n) is 13.0. The van der Waals surface area contributed by atoms with Crippen LogP contribution in [0.25, 0.3) is 104 Å². The fraction of sp³-hybridized carbons (Fsp3) is 0. The number of hydrogen-bond acceptors (Lipinski definition) is 5. The Hall–Kier alpha value is -6.76. The Balaban J connectivity index is 1.20. The second-order valence-corrected chi connectivity index (χ2v) is 14.1. The Morgan fingerprint density at radius 1 is 0.385 bits per heavy atom. The third-order valence-electron chi connectivity index (χ3n) is 10.0. The largest absolute Gasteiger partial charge is 0.278 e. The molecule has 0 amide bonds. The minimum Gasteiger partial charge on any atom is -0.278 e. The summed E-state index contributed by atoms with van der Waals surface area (Å²) < 4.78 is 4.62. The fourth-order valence-corrected chi connectivity index (χ4v) is 8.81. The van der Waals surface area contributed by atoms with E-state index in [-0.39, 0.29) is 0 Å². The molecule has 4 aromatic heterocycles. The predicted molar refractivity (Wildman–Crippen MR) is 216 cm³/mol. The Labute approximate surface area is 302 Å². The van der Waals surface area contributed by atoms with Crippen LogP contribution >= 0.6 is 11.3 Å². The lowest BCUT2D eigenvalue weighted by Crippen LogP contribution is -2.06. The molecule has 0 spiro atoms. The first-order chi connectivity index (χ1) is 25.8. The molecule has 5 nitrogen and oxygen atoms in total. The average Bonchev–Trinajstić information content (AvgIpc) is 3.76. The standard InChI is InChI=1S/C46H27N5S/c1-3-13-28(14-4-1)43-34-24-26-40-42(41(34)33-19-7-10-20-36(33)47-43)35-27-30(23-25-39(35)52-40)45-48-44(29-15-5-2-6-16-29)49-46(50-45)51-37-21-11-8-17-31(37)32-18-9-12-22-38(32)51/h1-27H. The van der Waals surface area contributed by atoms with Gasteiger partial charge in [-0.05, 0) is 42.5 Å². The molecule has 0 aliphatic carbocycles. The quantitative estimate of drug-likeness (QED) is 0.174. The molecule has 0 bridgehead atoms. The molecule has 242 valence electrons. The monoisotopic (exact) mass is 681 g/mol. The molecule has 11 rings (SSSR count). The second kappa shape index (κ2) is 11.4. The highest BCUT2D eigenvalue weighted by Gasteiger charge is 2.20. The summed E-state index contributed by atoms with van der Waals surface area (Å²) in [4.78, 5) is 20.7. The number of benzene rings is 7. The lowest BCUT2D eigenvalue weighted by molar-refractivity contribution is 0.954. The lowest BCUT2D eigenvalue weighted by atomic mass is 9.96. The van der Waals surface area contributed by atoms with E-state index in [1.54, 1.807) is 0 Å². The number of rotatable bonds is 4. The maximum atomic E-state index is 5.24. The minimum atomic E-state index is 0.589. The van der Waals surface area contributed by atoms with Crippen LogP contribution in [0.1, 0.15) is 0 Å². The van der Waals surface area contributed by atoms with Crippen molar-refractivity contribution in [2.45, 2.75) is 0 Å². The first-order valence-electron chi connectivity index (χ1n) is 17.3. The van der Waals surface area contributed by atoms with E-state index in [1.807, 2.05) is 29.5 Å². The first kappa shape index (κ1) is 29.0. The lowest BCUT2D eigenvalue weighted by Gasteiger charge is -2.12. The highest BCUT2D eigenvalue weighted by Crippen LogP contribution is 2.44. The van der Waals surface area contributed by atoms with Crippen molar-refractivity contribution in [3.05, 3.63) is 164 Å². The predicted octanol–water partition coefficient (Wildman–Crippen LogP) is 12.0. The third kappa shape index (κ3) is 4.41. The molecule has 0 radical (unpaired) electrons. The van der Waals surface area contributed by atoms with Crippen LogP contribution in [-0.4, -0.2) is 24.5 Å². The van der Waals surface area contributed by atoms with E-state index in [0.29, 0.717) is 17.6 Å². The summed E-state index contributed by atoms with van der Waals surface area (Å²) in [6, 6.07) is 57.2. The van der Waals surface area contributed by atoms with Crippen LogP contribution < -0.4 is 0 Å². The summed E-state index contributed by atoms with van der Waals surface area (Å²) in [5.74, 6) is 1.85. The molecule has 7 aromatic carbocycles. The zero-order valence-electron chi connectivity index (χ0n) is 27.7. The van der Waals surface area contributed by atoms with Crippen molar-refractivity contribution in [1.82, 2.24) is 24.5 Å². The van der Waals surface area contributed by atoms with Crippen molar-refractivity contribution in [3.8, 4) is 40.0 Å². The van der Waals surface area contributed by atoms with E-state index < -0.39 is 0 Å². The van der Waals surface area contributed by atoms with Crippen molar-refractivity contribution < 1.29 is 0 Å². The normalized spacial score (nSPS) is 11.8. The van der Waals surface area contributed by atoms with Crippen LogP contribution in [0.15, 0.2) is 164 Å². The van der Waals surface area contributed by atoms with E-state index in [4.69, 9.17) is 19.9 Å². The van der Waals surface area contributed by atoms with Crippen LogP contribution in [-0.2, 0) is 0 Å². The molecule has 0 aliphatic heterocycles. The van der Waals surface area contributed by atoms with Gasteiger partial charge in [0.1, 0.15) is 0 Å². The Morgan fingerprint density at radius 2 is 0.981 bits per heavy atom. The van der Waals surface area contributed by atoms with E-state index in [0.717, 1.165) is 60.5 Å². The highest BCUT2D eigenvalue weighted by atomic mass is 32.1. The summed E-state index contributed by atoms with van der Waals surface area (Å²) in [5, 5.41) is 8.24. The van der Waals surface area contributed by atoms with Gasteiger partial charge in [-0.2, -0.15) is 9.97 Å². The molecular formula is C46H27N5S. The molecule has 0 aliphatic rings. The van der Waals surface area contributed by atoms with Crippen LogP contribution in [0, 0.1) is 0 Å². The van der Waals surface area contributed by atoms with E-state index in [9.17, 15) is 0 Å². The molecular weight excluding hydrogens is 655 g/mol. The van der Waals surface area contributed by atoms with Crippen LogP contribution in [0.2, 0.25) is 0 Å². The van der Waals surface area contributed by atoms with Gasteiger partial charge < -0.3 is 0 Å². The molecule has 0 unspecified atom stereocenters. The van der Waals surface area contributed by atoms with Gasteiger partial charge in [0.2, 0.25) is 5.95 Å². The number of pyridine rings is 1. The average molecular weight is 682 g/mol. The molecule has 0 N–H and O–H groups in total. The number of para-hydroxylation sites is 3. The van der Waals surface area contributed by atoms with Gasteiger partial charge in [0.05, 0.1) is 22.2 Å². The van der Waals surface area contributed by atoms with Gasteiger partial charge in [0, 0.05) is 63.8 Å². The SMILES string of the molecule is c1ccc(-c2nc(-c3ccc4sc5ccc6c(-c7ccccc7)nc7ccccc7c6c5c4c3)nc(-n3c4ccccc4c4ccccc43)n2)cc1. The maximum Gasteiger partial charge on any atom is 0.238 e. The molecule has 52 heavy (non-hydrogen) atoms. The van der Waals surface area contributed by atoms with E-state index >= 15 is 0 Å². The smallest absolute Gasteiger partial charge is 0.238 e. The van der Waals surface area contributed by atoms with Crippen molar-refractivity contribution in [3.63, 3.8) is 0 Å². The van der Waals surface area contributed by atoms with E-state index in [2.05, 4.69) is 150 Å². The van der Waals surface area contributed by atoms with E-state index in [1.165, 1.54) is 25.6 Å². The molecule has 6 heteroatoms. The molecule has 0 saturated heterocycles. The van der Waals surface area contributed by atoms with Crippen molar-refractivity contribution in [1.29, 1.82) is 0 Å². The van der Waals surface area contributed by atoms with Crippen molar-refractivity contribution >= 4 is 75.0 Å². The van der Waals surface area contributed by atoms with Gasteiger partial charge >= 0.3 is 0 Å². The summed E-state index contributed by atoms with van der Waals surface area (Å²) in [7, 11) is 0. The van der Waals surface area contributed by atoms with Crippen LogP contribution in [0.3, 0.4) is 0 Å². The first-order valence-corrected chi connectivity index (χ1v) is 18.1. The van der Waals surface area contributed by atoms with Gasteiger partial charge in [-0.3, -0.25) is 4.57 Å². The number of fused-ring (bicyclic) bond motifs is 10. The highest BCUT2D eigenvalue weighted by molar-refractivity contribution is 7.26. The number of aromatic nitrogens is 5. The zero-order valence-corrected chi connectivity index (χ0v) is 28.5. The number of hydrogen-bond donors (Lipinski definition) is 0. The third-order valence-corrected chi connectivity index (χ3v) is 11.2. The molecule has 4 heterocycles.